The molecule has 0 bridgehead atoms. The summed E-state index contributed by atoms with van der Waals surface area (Å²) in [6.45, 7) is 10.5. The van der Waals surface area contributed by atoms with Crippen molar-refractivity contribution in [3.8, 4) is 0 Å². The van der Waals surface area contributed by atoms with Crippen LogP contribution < -0.4 is 0 Å². The Labute approximate surface area is 131 Å². The van der Waals surface area contributed by atoms with Crippen LogP contribution in [-0.2, 0) is 18.6 Å². The highest BCUT2D eigenvalue weighted by Gasteiger charge is 2.24. The average Bonchev–Trinajstić information content (AvgIpc) is 3.10. The van der Waals surface area contributed by atoms with Gasteiger partial charge in [0, 0.05) is 13.1 Å². The maximum Gasteiger partial charge on any atom is 0.141 e. The first kappa shape index (κ1) is 15.1. The number of hydrogen-bond acceptors (Lipinski definition) is 5. The van der Waals surface area contributed by atoms with Crippen molar-refractivity contribution >= 4 is 0 Å². The second kappa shape index (κ2) is 6.16. The molecule has 1 atom stereocenters. The van der Waals surface area contributed by atoms with Crippen molar-refractivity contribution in [2.75, 3.05) is 13.1 Å². The fraction of sp³-hybridized carbons (Fsp3) is 0.733. The van der Waals surface area contributed by atoms with Gasteiger partial charge >= 0.3 is 0 Å². The van der Waals surface area contributed by atoms with Crippen LogP contribution in [0.1, 0.15) is 39.4 Å². The van der Waals surface area contributed by atoms with E-state index in [9.17, 15) is 0 Å². The van der Waals surface area contributed by atoms with Crippen LogP contribution in [0.3, 0.4) is 0 Å². The Hall–Kier alpha value is -1.76. The molecule has 0 aliphatic carbocycles. The topological polar surface area (TPSA) is 64.7 Å². The summed E-state index contributed by atoms with van der Waals surface area (Å²) in [7, 11) is 0. The van der Waals surface area contributed by atoms with Gasteiger partial charge in [-0.25, -0.2) is 14.6 Å². The molecule has 3 rings (SSSR count). The molecular formula is C15H25N7. The van der Waals surface area contributed by atoms with Crippen LogP contribution in [0.15, 0.2) is 19.0 Å². The molecule has 2 aromatic heterocycles. The molecule has 2 aromatic rings. The second-order valence-electron chi connectivity index (χ2n) is 7.12. The molecule has 0 N–H and O–H groups in total. The van der Waals surface area contributed by atoms with E-state index in [-0.39, 0.29) is 5.54 Å². The van der Waals surface area contributed by atoms with E-state index in [1.54, 1.807) is 19.0 Å². The first-order valence-electron chi connectivity index (χ1n) is 7.96. The van der Waals surface area contributed by atoms with Gasteiger partial charge in [0.1, 0.15) is 24.8 Å². The smallest absolute Gasteiger partial charge is 0.141 e. The van der Waals surface area contributed by atoms with Crippen LogP contribution in [0, 0.1) is 5.92 Å². The highest BCUT2D eigenvalue weighted by Crippen LogP contribution is 2.21. The Morgan fingerprint density at radius 3 is 2.82 bits per heavy atom. The molecule has 1 saturated heterocycles. The highest BCUT2D eigenvalue weighted by atomic mass is 15.4. The van der Waals surface area contributed by atoms with E-state index >= 15 is 0 Å². The standard InChI is InChI=1S/C15H25N7/c1-15(2,3)22-14(17-11-19-22)9-20-6-4-5-13(7-20)8-21-12-16-10-18-21/h10-13H,4-9H2,1-3H3/t13-/m1/s1. The maximum atomic E-state index is 4.46. The fourth-order valence-corrected chi connectivity index (χ4v) is 3.17. The third-order valence-electron chi connectivity index (χ3n) is 4.13. The Morgan fingerprint density at radius 2 is 2.09 bits per heavy atom. The summed E-state index contributed by atoms with van der Waals surface area (Å²) in [6, 6.07) is 0. The molecule has 3 heterocycles. The third-order valence-corrected chi connectivity index (χ3v) is 4.13. The summed E-state index contributed by atoms with van der Waals surface area (Å²) in [4.78, 5) is 11.0. The van der Waals surface area contributed by atoms with Crippen molar-refractivity contribution in [2.45, 2.75) is 52.2 Å². The van der Waals surface area contributed by atoms with E-state index in [1.807, 2.05) is 9.36 Å². The molecule has 1 aliphatic rings. The number of aromatic nitrogens is 6. The molecule has 0 spiro atoms. The number of likely N-dealkylation sites (tertiary alicyclic amines) is 1. The highest BCUT2D eigenvalue weighted by molar-refractivity contribution is 4.91. The lowest BCUT2D eigenvalue weighted by Gasteiger charge is -2.33. The fourth-order valence-electron chi connectivity index (χ4n) is 3.17. The minimum absolute atomic E-state index is 0.0260. The number of piperidine rings is 1. The van der Waals surface area contributed by atoms with Gasteiger partial charge in [-0.15, -0.1) is 0 Å². The van der Waals surface area contributed by atoms with Gasteiger partial charge in [-0.3, -0.25) is 9.58 Å². The van der Waals surface area contributed by atoms with E-state index in [2.05, 4.69) is 45.8 Å². The Balaban J connectivity index is 1.62. The minimum Gasteiger partial charge on any atom is -0.296 e. The zero-order valence-corrected chi connectivity index (χ0v) is 13.7. The first-order valence-corrected chi connectivity index (χ1v) is 7.96. The molecule has 7 heteroatoms. The second-order valence-corrected chi connectivity index (χ2v) is 7.12. The zero-order chi connectivity index (χ0) is 15.6. The van der Waals surface area contributed by atoms with Gasteiger partial charge in [-0.05, 0) is 46.1 Å². The molecule has 0 radical (unpaired) electrons. The number of rotatable bonds is 4. The average molecular weight is 303 g/mol. The molecule has 1 aliphatic heterocycles. The van der Waals surface area contributed by atoms with Crippen LogP contribution in [-0.4, -0.2) is 47.5 Å². The van der Waals surface area contributed by atoms with E-state index < -0.39 is 0 Å². The van der Waals surface area contributed by atoms with Crippen LogP contribution >= 0.6 is 0 Å². The van der Waals surface area contributed by atoms with Crippen molar-refractivity contribution in [1.29, 1.82) is 0 Å². The van der Waals surface area contributed by atoms with Crippen molar-refractivity contribution in [1.82, 2.24) is 34.4 Å². The monoisotopic (exact) mass is 303 g/mol. The molecule has 120 valence electrons. The van der Waals surface area contributed by atoms with Crippen molar-refractivity contribution in [3.05, 3.63) is 24.8 Å². The summed E-state index contributed by atoms with van der Waals surface area (Å²) in [5, 5.41) is 8.61. The van der Waals surface area contributed by atoms with E-state index in [1.165, 1.54) is 12.8 Å². The van der Waals surface area contributed by atoms with Gasteiger partial charge in [-0.1, -0.05) is 0 Å². The molecule has 22 heavy (non-hydrogen) atoms. The Kier molecular flexibility index (Phi) is 4.24. The number of hydrogen-bond donors (Lipinski definition) is 0. The molecule has 0 unspecified atom stereocenters. The van der Waals surface area contributed by atoms with E-state index in [0.29, 0.717) is 5.92 Å². The summed E-state index contributed by atoms with van der Waals surface area (Å²) in [5.41, 5.74) is -0.0260. The summed E-state index contributed by atoms with van der Waals surface area (Å²) >= 11 is 0. The van der Waals surface area contributed by atoms with Gasteiger partial charge in [0.15, 0.2) is 0 Å². The molecular weight excluding hydrogens is 278 g/mol. The third kappa shape index (κ3) is 3.52. The summed E-state index contributed by atoms with van der Waals surface area (Å²) in [6.07, 6.45) is 7.55. The predicted molar refractivity (Wildman–Crippen MR) is 83.0 cm³/mol. The number of nitrogens with zero attached hydrogens (tertiary/aromatic N) is 7. The quantitative estimate of drug-likeness (QED) is 0.857. The summed E-state index contributed by atoms with van der Waals surface area (Å²) < 4.78 is 3.97. The predicted octanol–water partition coefficient (Wildman–Crippen LogP) is 1.54. The van der Waals surface area contributed by atoms with Crippen molar-refractivity contribution in [3.63, 3.8) is 0 Å². The van der Waals surface area contributed by atoms with Gasteiger partial charge in [-0.2, -0.15) is 10.2 Å². The molecule has 0 amide bonds. The molecule has 7 nitrogen and oxygen atoms in total. The Bertz CT molecular complexity index is 581. The van der Waals surface area contributed by atoms with Crippen LogP contribution in [0.5, 0.6) is 0 Å². The van der Waals surface area contributed by atoms with E-state index in [0.717, 1.165) is 32.0 Å². The minimum atomic E-state index is -0.0260. The largest absolute Gasteiger partial charge is 0.296 e. The van der Waals surface area contributed by atoms with Crippen molar-refractivity contribution < 1.29 is 0 Å². The van der Waals surface area contributed by atoms with E-state index in [4.69, 9.17) is 0 Å². The normalized spacial score (nSPS) is 20.4. The molecule has 0 saturated carbocycles. The van der Waals surface area contributed by atoms with Gasteiger partial charge in [0.05, 0.1) is 12.1 Å². The van der Waals surface area contributed by atoms with Crippen LogP contribution in [0.25, 0.3) is 0 Å². The van der Waals surface area contributed by atoms with Crippen molar-refractivity contribution in [2.24, 2.45) is 5.92 Å². The Morgan fingerprint density at radius 1 is 1.23 bits per heavy atom. The SMILES string of the molecule is CC(C)(C)n1ncnc1CN1CCC[C@@H](Cn2cncn2)C1. The lowest BCUT2D eigenvalue weighted by molar-refractivity contribution is 0.145. The van der Waals surface area contributed by atoms with Crippen LogP contribution in [0.2, 0.25) is 0 Å². The maximum absolute atomic E-state index is 4.46. The first-order chi connectivity index (χ1) is 10.5. The summed E-state index contributed by atoms with van der Waals surface area (Å²) in [5.74, 6) is 1.68. The van der Waals surface area contributed by atoms with Gasteiger partial charge in [0.2, 0.25) is 0 Å². The van der Waals surface area contributed by atoms with Gasteiger partial charge < -0.3 is 0 Å². The molecule has 0 aromatic carbocycles. The van der Waals surface area contributed by atoms with Crippen LogP contribution in [0.4, 0.5) is 0 Å². The zero-order valence-electron chi connectivity index (χ0n) is 13.7. The lowest BCUT2D eigenvalue weighted by Crippen LogP contribution is -2.38. The van der Waals surface area contributed by atoms with Gasteiger partial charge in [0.25, 0.3) is 0 Å². The molecule has 1 fully saturated rings. The lowest BCUT2D eigenvalue weighted by atomic mass is 9.98.